The molecule has 330 valence electrons. The predicted molar refractivity (Wildman–Crippen MR) is 275 cm³/mol. The summed E-state index contributed by atoms with van der Waals surface area (Å²) in [4.78, 5) is 5.24. The van der Waals surface area contributed by atoms with Crippen LogP contribution in [0.5, 0.6) is 0 Å². The molecule has 5 aromatic carbocycles. The van der Waals surface area contributed by atoms with Crippen molar-refractivity contribution in [1.82, 2.24) is 0 Å². The zero-order valence-electron chi connectivity index (χ0n) is 41.7. The average molecular weight is 847 g/mol. The second kappa shape index (κ2) is 13.0. The van der Waals surface area contributed by atoms with Crippen LogP contribution in [0.25, 0.3) is 11.0 Å². The fraction of sp³-hybridized carbons (Fsp3) is 0.467. The van der Waals surface area contributed by atoms with E-state index in [-0.39, 0.29) is 44.6 Å². The summed E-state index contributed by atoms with van der Waals surface area (Å²) in [6.45, 7) is 36.3. The highest BCUT2D eigenvalue weighted by Gasteiger charge is 2.49. The van der Waals surface area contributed by atoms with Crippen molar-refractivity contribution in [2.24, 2.45) is 0 Å². The molecule has 0 N–H and O–H groups in total. The molecule has 0 unspecified atom stereocenters. The molecule has 11 rings (SSSR count). The van der Waals surface area contributed by atoms with E-state index in [1.54, 1.807) is 0 Å². The lowest BCUT2D eigenvalue weighted by atomic mass is 9.35. The fourth-order valence-electron chi connectivity index (χ4n) is 12.9. The summed E-state index contributed by atoms with van der Waals surface area (Å²) in [5.74, 6) is 0. The van der Waals surface area contributed by atoms with Crippen LogP contribution in [0.3, 0.4) is 0 Å². The van der Waals surface area contributed by atoms with Gasteiger partial charge in [-0.15, -0.1) is 0 Å². The molecule has 0 amide bonds. The van der Waals surface area contributed by atoms with Crippen LogP contribution >= 0.6 is 0 Å². The summed E-state index contributed by atoms with van der Waals surface area (Å²) in [7, 11) is 0. The Bertz CT molecular complexity index is 2960. The third kappa shape index (κ3) is 5.91. The van der Waals surface area contributed by atoms with Gasteiger partial charge in [-0.2, -0.15) is 0 Å². The van der Waals surface area contributed by atoms with Crippen LogP contribution < -0.4 is 26.4 Å². The summed E-state index contributed by atoms with van der Waals surface area (Å²) in [5.41, 5.74) is 22.8. The Morgan fingerprint density at radius 2 is 0.922 bits per heavy atom. The number of hydrogen-bond donors (Lipinski definition) is 0. The van der Waals surface area contributed by atoms with Crippen LogP contribution in [0, 0.1) is 0 Å². The van der Waals surface area contributed by atoms with Crippen molar-refractivity contribution >= 4 is 68.4 Å². The summed E-state index contributed by atoms with van der Waals surface area (Å²) < 4.78 is 7.57. The first-order valence-corrected chi connectivity index (χ1v) is 24.6. The third-order valence-corrected chi connectivity index (χ3v) is 17.6. The zero-order valence-corrected chi connectivity index (χ0v) is 41.7. The van der Waals surface area contributed by atoms with E-state index in [9.17, 15) is 0 Å². The van der Waals surface area contributed by atoms with E-state index >= 15 is 0 Å². The second-order valence-corrected chi connectivity index (χ2v) is 25.8. The number of fused-ring (bicyclic) bond motifs is 9. The molecule has 0 saturated carbocycles. The standard InChI is InChI=1S/C60H71BN2O/c1-54(2,3)36-19-24-46-49(31-36)62(37-20-22-40-42(32-37)57(8,9)27-25-55(40,4)5)47-17-16-18-48-51(47)61(46)53-52(39-34-44-45(35-50(39)64-53)60(14,15)30-29-59(44,12)13)63(48)38-21-23-41-43(33-38)58(10,11)28-26-56(41,6)7/h16-24,31-35H,25-30H2,1-15H3. The molecule has 0 radical (unpaired) electrons. The molecule has 2 aliphatic heterocycles. The minimum atomic E-state index is -0.0795. The van der Waals surface area contributed by atoms with Gasteiger partial charge in [0.25, 0.3) is 6.71 Å². The molecule has 0 fully saturated rings. The van der Waals surface area contributed by atoms with Crippen molar-refractivity contribution in [3.05, 3.63) is 124 Å². The van der Waals surface area contributed by atoms with E-state index in [1.807, 2.05) is 0 Å². The Labute approximate surface area is 385 Å². The Morgan fingerprint density at radius 1 is 0.469 bits per heavy atom. The molecule has 0 bridgehead atoms. The van der Waals surface area contributed by atoms with Crippen LogP contribution in [0.15, 0.2) is 89.3 Å². The van der Waals surface area contributed by atoms with E-state index in [0.717, 1.165) is 11.2 Å². The van der Waals surface area contributed by atoms with Gasteiger partial charge in [0.05, 0.1) is 11.3 Å². The molecule has 3 nitrogen and oxygen atoms in total. The van der Waals surface area contributed by atoms with Gasteiger partial charge in [0.2, 0.25) is 0 Å². The number of rotatable bonds is 2. The summed E-state index contributed by atoms with van der Waals surface area (Å²) >= 11 is 0. The normalized spacial score (nSPS) is 21.3. The molecule has 5 aliphatic rings. The first-order valence-electron chi connectivity index (χ1n) is 24.6. The zero-order chi connectivity index (χ0) is 45.5. The summed E-state index contributed by atoms with van der Waals surface area (Å²) in [6, 6.07) is 34.3. The first kappa shape index (κ1) is 42.0. The van der Waals surface area contributed by atoms with Crippen LogP contribution in [0.4, 0.5) is 34.1 Å². The fourth-order valence-corrected chi connectivity index (χ4v) is 12.9. The molecule has 1 aromatic heterocycles. The van der Waals surface area contributed by atoms with Gasteiger partial charge in [-0.1, -0.05) is 134 Å². The van der Waals surface area contributed by atoms with Crippen molar-refractivity contribution < 1.29 is 4.42 Å². The molecular formula is C60H71BN2O. The maximum absolute atomic E-state index is 7.57. The maximum Gasteiger partial charge on any atom is 0.297 e. The Morgan fingerprint density at radius 3 is 1.44 bits per heavy atom. The van der Waals surface area contributed by atoms with Crippen molar-refractivity contribution in [2.45, 2.75) is 180 Å². The Kier molecular flexibility index (Phi) is 8.53. The highest BCUT2D eigenvalue weighted by molar-refractivity contribution is 7.00. The predicted octanol–water partition coefficient (Wildman–Crippen LogP) is 14.9. The minimum absolute atomic E-state index is 0.0218. The van der Waals surface area contributed by atoms with Gasteiger partial charge < -0.3 is 14.2 Å². The second-order valence-electron chi connectivity index (χ2n) is 25.8. The molecule has 0 saturated heterocycles. The van der Waals surface area contributed by atoms with Gasteiger partial charge in [0.15, 0.2) is 0 Å². The van der Waals surface area contributed by atoms with Gasteiger partial charge in [0, 0.05) is 33.8 Å². The highest BCUT2D eigenvalue weighted by Crippen LogP contribution is 2.54. The number of hydrogen-bond acceptors (Lipinski definition) is 3. The number of furan rings is 1. The monoisotopic (exact) mass is 847 g/mol. The van der Waals surface area contributed by atoms with Crippen molar-refractivity contribution in [3.8, 4) is 0 Å². The van der Waals surface area contributed by atoms with Crippen LogP contribution in [0.1, 0.15) is 181 Å². The topological polar surface area (TPSA) is 19.6 Å². The van der Waals surface area contributed by atoms with Crippen LogP contribution in [0.2, 0.25) is 0 Å². The first-order chi connectivity index (χ1) is 29.8. The van der Waals surface area contributed by atoms with E-state index in [0.29, 0.717) is 0 Å². The molecule has 3 aliphatic carbocycles. The van der Waals surface area contributed by atoms with E-state index in [4.69, 9.17) is 4.42 Å². The molecule has 4 heteroatoms. The van der Waals surface area contributed by atoms with Crippen LogP contribution in [-0.2, 0) is 37.9 Å². The Hall–Kier alpha value is -4.70. The lowest BCUT2D eigenvalue weighted by molar-refractivity contribution is 0.332. The highest BCUT2D eigenvalue weighted by atomic mass is 16.3. The molecular weight excluding hydrogens is 775 g/mol. The van der Waals surface area contributed by atoms with Crippen molar-refractivity contribution in [2.75, 3.05) is 9.80 Å². The maximum atomic E-state index is 7.57. The lowest BCUT2D eigenvalue weighted by Crippen LogP contribution is -2.61. The molecule has 6 aromatic rings. The lowest BCUT2D eigenvalue weighted by Gasteiger charge is -2.45. The minimum Gasteiger partial charge on any atom is -0.468 e. The largest absolute Gasteiger partial charge is 0.468 e. The molecule has 0 spiro atoms. The van der Waals surface area contributed by atoms with Gasteiger partial charge in [-0.05, 0) is 181 Å². The van der Waals surface area contributed by atoms with E-state index in [1.165, 1.54) is 128 Å². The molecule has 0 atom stereocenters. The number of nitrogens with zero attached hydrogens (tertiary/aromatic N) is 2. The van der Waals surface area contributed by atoms with Gasteiger partial charge >= 0.3 is 0 Å². The van der Waals surface area contributed by atoms with Crippen molar-refractivity contribution in [1.29, 1.82) is 0 Å². The van der Waals surface area contributed by atoms with E-state index < -0.39 is 0 Å². The third-order valence-electron chi connectivity index (χ3n) is 17.6. The quantitative estimate of drug-likeness (QED) is 0.162. The van der Waals surface area contributed by atoms with Crippen molar-refractivity contribution in [3.63, 3.8) is 0 Å². The Balaban J connectivity index is 1.24. The average Bonchev–Trinajstić information content (AvgIpc) is 3.60. The summed E-state index contributed by atoms with van der Waals surface area (Å²) in [6.07, 6.45) is 7.09. The van der Waals surface area contributed by atoms with Gasteiger partial charge in [-0.3, -0.25) is 0 Å². The summed E-state index contributed by atoms with van der Waals surface area (Å²) in [5, 5.41) is 1.22. The number of benzene rings is 5. The number of anilines is 6. The van der Waals surface area contributed by atoms with E-state index in [2.05, 4.69) is 199 Å². The van der Waals surface area contributed by atoms with Gasteiger partial charge in [0.1, 0.15) is 5.58 Å². The van der Waals surface area contributed by atoms with Crippen LogP contribution in [-0.4, -0.2) is 6.71 Å². The smallest absolute Gasteiger partial charge is 0.297 e. The molecule has 3 heterocycles. The molecule has 64 heavy (non-hydrogen) atoms. The SMILES string of the molecule is CC(C)(C)c1ccc2c(c1)N(c1ccc3c(c1)C(C)(C)CCC3(C)C)c1cccc3c1B2c1oc2cc4c(cc2c1N3c1ccc2c(c1)C(C)(C)CCC2(C)C)C(C)(C)CCC4(C)C. The van der Waals surface area contributed by atoms with Gasteiger partial charge in [-0.25, -0.2) is 0 Å².